The van der Waals surface area contributed by atoms with Crippen molar-refractivity contribution in [3.8, 4) is 0 Å². The van der Waals surface area contributed by atoms with E-state index in [1.54, 1.807) is 6.20 Å². The number of carbonyl (C=O) groups excluding carboxylic acids is 1. The van der Waals surface area contributed by atoms with Crippen LogP contribution < -0.4 is 15.7 Å². The van der Waals surface area contributed by atoms with E-state index >= 15 is 0 Å². The topological polar surface area (TPSA) is 89.2 Å². The molecule has 27 heavy (non-hydrogen) atoms. The number of hydrogen-bond donors (Lipinski definition) is 5. The van der Waals surface area contributed by atoms with E-state index in [2.05, 4.69) is 42.9 Å². The first-order chi connectivity index (χ1) is 12.7. The van der Waals surface area contributed by atoms with Gasteiger partial charge in [0, 0.05) is 25.5 Å². The van der Waals surface area contributed by atoms with E-state index in [1.165, 1.54) is 19.3 Å². The Morgan fingerprint density at radius 3 is 2.63 bits per heavy atom. The first-order valence-electron chi connectivity index (χ1n) is 9.61. The van der Waals surface area contributed by atoms with Crippen LogP contribution in [0.2, 0.25) is 0 Å². The molecule has 5 N–H and O–H groups in total. The third-order valence-corrected chi connectivity index (χ3v) is 5.26. The minimum absolute atomic E-state index is 0. The zero-order valence-electron chi connectivity index (χ0n) is 15.8. The molecule has 1 aromatic rings. The first kappa shape index (κ1) is 24.6. The van der Waals surface area contributed by atoms with Crippen molar-refractivity contribution >= 4 is 15.3 Å². The molecular weight excluding hydrogens is 403 g/mol. The standard InChI is InChI=1S/C14H22N3O2.C5H11NP.Fe/c18-13(9-11-5-6-15-10-11)16-7-8-17-14(19)12-3-1-2-4-12;7-6-5-3-1-2-4-5;/h3,5-6,10,12,14-15,17,19H,1-2,4,7-9H2,(H,16,18);3,5-6H,1-2,4,7H2;/q2*-1;+2. The largest absolute Gasteiger partial charge is 2.00 e. The van der Waals surface area contributed by atoms with Gasteiger partial charge < -0.3 is 33.3 Å². The summed E-state index contributed by atoms with van der Waals surface area (Å²) in [5, 5.41) is 18.9. The smallest absolute Gasteiger partial charge is 0.381 e. The molecule has 1 heterocycles. The summed E-state index contributed by atoms with van der Waals surface area (Å²) < 4.78 is 0. The normalized spacial score (nSPS) is 22.4. The van der Waals surface area contributed by atoms with Crippen molar-refractivity contribution in [2.24, 2.45) is 5.92 Å². The van der Waals surface area contributed by atoms with Crippen LogP contribution in [0.5, 0.6) is 0 Å². The van der Waals surface area contributed by atoms with Gasteiger partial charge in [0.1, 0.15) is 0 Å². The van der Waals surface area contributed by atoms with Crippen molar-refractivity contribution in [2.45, 2.75) is 57.2 Å². The molecule has 0 aliphatic heterocycles. The molecular formula is C19H33FeN4O2P. The van der Waals surface area contributed by atoms with E-state index in [-0.39, 0.29) is 28.9 Å². The van der Waals surface area contributed by atoms with Gasteiger partial charge in [0.05, 0.1) is 12.6 Å². The average Bonchev–Trinajstić information content (AvgIpc) is 3.42. The summed E-state index contributed by atoms with van der Waals surface area (Å²) in [6.07, 6.45) is 15.3. The maximum Gasteiger partial charge on any atom is 2.00 e. The molecule has 0 aromatic carbocycles. The summed E-state index contributed by atoms with van der Waals surface area (Å²) in [6, 6.07) is 2.57. The molecule has 2 aliphatic carbocycles. The fourth-order valence-corrected chi connectivity index (χ4v) is 3.61. The van der Waals surface area contributed by atoms with Gasteiger partial charge in [-0.3, -0.25) is 10.1 Å². The molecule has 3 rings (SSSR count). The van der Waals surface area contributed by atoms with Gasteiger partial charge in [-0.1, -0.05) is 35.1 Å². The van der Waals surface area contributed by atoms with E-state index in [9.17, 15) is 9.90 Å². The van der Waals surface area contributed by atoms with Crippen LogP contribution in [0.1, 0.15) is 44.1 Å². The SMILES string of the molecule is O=C(Cc1cc[nH]c1)NCCNC(O)C1[CH-]CCC1.PNC1[CH-]CCC1.[Fe+2]. The average molecular weight is 436 g/mol. The van der Waals surface area contributed by atoms with E-state index in [0.717, 1.165) is 24.8 Å². The Morgan fingerprint density at radius 2 is 2.07 bits per heavy atom. The molecule has 1 amide bonds. The van der Waals surface area contributed by atoms with Crippen molar-refractivity contribution in [3.63, 3.8) is 0 Å². The number of aliphatic hydroxyl groups excluding tert-OH is 1. The number of hydrogen-bond acceptors (Lipinski definition) is 4. The number of aliphatic hydroxyl groups is 1. The Morgan fingerprint density at radius 1 is 1.30 bits per heavy atom. The minimum Gasteiger partial charge on any atom is -0.381 e. The molecule has 0 bridgehead atoms. The predicted octanol–water partition coefficient (Wildman–Crippen LogP) is 1.71. The maximum atomic E-state index is 11.6. The number of aromatic nitrogens is 1. The van der Waals surface area contributed by atoms with Gasteiger partial charge in [0.25, 0.3) is 0 Å². The molecule has 4 atom stereocenters. The molecule has 0 saturated heterocycles. The van der Waals surface area contributed by atoms with Crippen LogP contribution in [-0.4, -0.2) is 41.4 Å². The third kappa shape index (κ3) is 10.1. The number of rotatable bonds is 8. The predicted molar refractivity (Wildman–Crippen MR) is 108 cm³/mol. The van der Waals surface area contributed by atoms with E-state index in [4.69, 9.17) is 0 Å². The molecule has 1 aromatic heterocycles. The summed E-state index contributed by atoms with van der Waals surface area (Å²) in [7, 11) is 2.54. The zero-order chi connectivity index (χ0) is 18.6. The zero-order valence-corrected chi connectivity index (χ0v) is 18.0. The summed E-state index contributed by atoms with van der Waals surface area (Å²) in [5.41, 5.74) is 0.978. The van der Waals surface area contributed by atoms with Crippen LogP contribution in [0.25, 0.3) is 0 Å². The molecule has 4 unspecified atom stereocenters. The minimum atomic E-state index is -0.482. The van der Waals surface area contributed by atoms with Gasteiger partial charge >= 0.3 is 17.1 Å². The van der Waals surface area contributed by atoms with Crippen LogP contribution in [0.3, 0.4) is 0 Å². The molecule has 2 saturated carbocycles. The van der Waals surface area contributed by atoms with Gasteiger partial charge in [0.2, 0.25) is 5.91 Å². The second kappa shape index (κ2) is 14.6. The van der Waals surface area contributed by atoms with Gasteiger partial charge in [-0.25, -0.2) is 0 Å². The van der Waals surface area contributed by atoms with Crippen LogP contribution >= 0.6 is 9.39 Å². The Hall–Kier alpha value is -0.421. The summed E-state index contributed by atoms with van der Waals surface area (Å²) in [5.74, 6) is 0.263. The fraction of sp³-hybridized carbons (Fsp3) is 0.632. The Kier molecular flexibility index (Phi) is 13.3. The summed E-state index contributed by atoms with van der Waals surface area (Å²) in [6.45, 7) is 1.12. The van der Waals surface area contributed by atoms with Gasteiger partial charge in [-0.05, 0) is 11.6 Å². The van der Waals surface area contributed by atoms with Gasteiger partial charge in [-0.2, -0.15) is 12.8 Å². The maximum absolute atomic E-state index is 11.6. The third-order valence-electron chi connectivity index (χ3n) is 4.83. The van der Waals surface area contributed by atoms with E-state index in [0.29, 0.717) is 25.6 Å². The number of nitrogens with one attached hydrogen (secondary N) is 4. The number of H-pyrrole nitrogens is 1. The number of amides is 1. The molecule has 6 nitrogen and oxygen atoms in total. The summed E-state index contributed by atoms with van der Waals surface area (Å²) in [4.78, 5) is 14.5. The van der Waals surface area contributed by atoms with Crippen molar-refractivity contribution < 1.29 is 27.0 Å². The van der Waals surface area contributed by atoms with Crippen LogP contribution in [0.15, 0.2) is 18.5 Å². The Labute approximate surface area is 176 Å². The molecule has 2 fully saturated rings. The second-order valence-corrected chi connectivity index (χ2v) is 7.25. The molecule has 154 valence electrons. The van der Waals surface area contributed by atoms with Crippen LogP contribution in [-0.2, 0) is 28.3 Å². The van der Waals surface area contributed by atoms with E-state index in [1.807, 2.05) is 12.3 Å². The fourth-order valence-electron chi connectivity index (χ4n) is 3.31. The van der Waals surface area contributed by atoms with Crippen molar-refractivity contribution in [2.75, 3.05) is 13.1 Å². The van der Waals surface area contributed by atoms with Gasteiger partial charge in [-0.15, -0.1) is 12.0 Å². The first-order valence-corrected chi connectivity index (χ1v) is 10.2. The van der Waals surface area contributed by atoms with Gasteiger partial charge in [0.15, 0.2) is 0 Å². The van der Waals surface area contributed by atoms with E-state index < -0.39 is 6.23 Å². The number of aromatic amines is 1. The molecule has 0 spiro atoms. The van der Waals surface area contributed by atoms with Crippen molar-refractivity contribution in [3.05, 3.63) is 36.9 Å². The monoisotopic (exact) mass is 436 g/mol. The second-order valence-electron chi connectivity index (χ2n) is 6.92. The number of carbonyl (C=O) groups is 1. The molecule has 2 aliphatic rings. The quantitative estimate of drug-likeness (QED) is 0.141. The molecule has 8 heteroatoms. The van der Waals surface area contributed by atoms with Crippen molar-refractivity contribution in [1.29, 1.82) is 0 Å². The van der Waals surface area contributed by atoms with Crippen LogP contribution in [0.4, 0.5) is 0 Å². The van der Waals surface area contributed by atoms with Crippen LogP contribution in [0, 0.1) is 18.8 Å². The molecule has 0 radical (unpaired) electrons. The summed E-state index contributed by atoms with van der Waals surface area (Å²) >= 11 is 0. The Bertz CT molecular complexity index is 492. The van der Waals surface area contributed by atoms with Crippen molar-refractivity contribution in [1.82, 2.24) is 20.7 Å². The Balaban J connectivity index is 0.000000385.